The second-order valence-electron chi connectivity index (χ2n) is 7.82. The number of carboxylic acid groups (broad SMARTS) is 1. The molecule has 0 radical (unpaired) electrons. The van der Waals surface area contributed by atoms with Gasteiger partial charge in [0.15, 0.2) is 0 Å². The van der Waals surface area contributed by atoms with E-state index in [1.54, 1.807) is 0 Å². The number of alkyl carbamates (subject to hydrolysis) is 1. The molecule has 0 heterocycles. The molecule has 0 saturated carbocycles. The van der Waals surface area contributed by atoms with Gasteiger partial charge in [-0.2, -0.15) is 0 Å². The van der Waals surface area contributed by atoms with Crippen molar-refractivity contribution in [3.8, 4) is 11.1 Å². The van der Waals surface area contributed by atoms with Gasteiger partial charge in [0, 0.05) is 24.9 Å². The van der Waals surface area contributed by atoms with Gasteiger partial charge in [-0.05, 0) is 28.7 Å². The Bertz CT molecular complexity index is 913. The summed E-state index contributed by atoms with van der Waals surface area (Å²) in [6, 6.07) is 15.8. The van der Waals surface area contributed by atoms with Gasteiger partial charge in [0.05, 0.1) is 5.92 Å². The number of nitrogens with one attached hydrogen (secondary N) is 2. The van der Waals surface area contributed by atoms with E-state index >= 15 is 0 Å². The average Bonchev–Trinajstić information content (AvgIpc) is 3.09. The Balaban J connectivity index is 1.53. The number of fused-ring (bicyclic) bond motifs is 3. The quantitative estimate of drug-likeness (QED) is 0.571. The Morgan fingerprint density at radius 2 is 1.61 bits per heavy atom. The third-order valence-electron chi connectivity index (χ3n) is 5.62. The zero-order valence-corrected chi connectivity index (χ0v) is 17.8. The van der Waals surface area contributed by atoms with Crippen LogP contribution in [0.4, 0.5) is 4.79 Å². The van der Waals surface area contributed by atoms with Crippen molar-refractivity contribution in [2.24, 2.45) is 5.92 Å². The largest absolute Gasteiger partial charge is 0.481 e. The molecule has 0 fully saturated rings. The fourth-order valence-electron chi connectivity index (χ4n) is 3.75. The molecule has 0 spiro atoms. The molecule has 0 bridgehead atoms. The highest BCUT2D eigenvalue weighted by molar-refractivity contribution is 5.80. The van der Waals surface area contributed by atoms with E-state index in [9.17, 15) is 14.4 Å². The van der Waals surface area contributed by atoms with Gasteiger partial charge in [0.1, 0.15) is 6.61 Å². The van der Waals surface area contributed by atoms with Gasteiger partial charge < -0.3 is 20.5 Å². The first-order chi connectivity index (χ1) is 14.9. The van der Waals surface area contributed by atoms with E-state index in [0.29, 0.717) is 6.42 Å². The molecule has 31 heavy (non-hydrogen) atoms. The molecule has 0 saturated heterocycles. The molecule has 2 atom stereocenters. The Hall–Kier alpha value is -3.35. The van der Waals surface area contributed by atoms with E-state index in [1.807, 2.05) is 31.2 Å². The van der Waals surface area contributed by atoms with Crippen LogP contribution in [0.5, 0.6) is 0 Å². The minimum Gasteiger partial charge on any atom is -0.481 e. The minimum atomic E-state index is -0.968. The van der Waals surface area contributed by atoms with Gasteiger partial charge in [0.25, 0.3) is 0 Å². The van der Waals surface area contributed by atoms with Crippen LogP contribution in [0, 0.1) is 5.92 Å². The van der Waals surface area contributed by atoms with Crippen molar-refractivity contribution in [3.63, 3.8) is 0 Å². The van der Waals surface area contributed by atoms with Crippen LogP contribution in [0.15, 0.2) is 48.5 Å². The zero-order valence-electron chi connectivity index (χ0n) is 17.8. The predicted octanol–water partition coefficient (Wildman–Crippen LogP) is 3.53. The molecule has 3 N–H and O–H groups in total. The average molecular weight is 424 g/mol. The molecule has 0 aromatic heterocycles. The van der Waals surface area contributed by atoms with Crippen LogP contribution in [0.2, 0.25) is 0 Å². The molecule has 0 aliphatic heterocycles. The molecule has 2 aromatic carbocycles. The molecule has 7 nitrogen and oxygen atoms in total. The van der Waals surface area contributed by atoms with Crippen molar-refractivity contribution in [2.45, 2.75) is 38.6 Å². The lowest BCUT2D eigenvalue weighted by molar-refractivity contribution is -0.141. The highest BCUT2D eigenvalue weighted by Crippen LogP contribution is 2.44. The van der Waals surface area contributed by atoms with Crippen molar-refractivity contribution in [2.75, 3.05) is 13.2 Å². The first kappa shape index (κ1) is 22.3. The Morgan fingerprint density at radius 3 is 2.16 bits per heavy atom. The zero-order chi connectivity index (χ0) is 22.4. The number of carbonyl (C=O) groups excluding carboxylic acids is 2. The molecule has 1 unspecified atom stereocenters. The molecule has 2 aromatic rings. The van der Waals surface area contributed by atoms with E-state index in [2.05, 4.69) is 34.9 Å². The second kappa shape index (κ2) is 10.1. The number of carboxylic acids is 1. The third kappa shape index (κ3) is 5.42. The molecule has 164 valence electrons. The monoisotopic (exact) mass is 424 g/mol. The summed E-state index contributed by atoms with van der Waals surface area (Å²) < 4.78 is 5.52. The maximum Gasteiger partial charge on any atom is 0.407 e. The molecular weight excluding hydrogens is 396 g/mol. The minimum absolute atomic E-state index is 0.0287. The van der Waals surface area contributed by atoms with Crippen LogP contribution in [-0.2, 0) is 14.3 Å². The molecule has 7 heteroatoms. The summed E-state index contributed by atoms with van der Waals surface area (Å²) >= 11 is 0. The molecule has 1 aliphatic carbocycles. The van der Waals surface area contributed by atoms with Crippen LogP contribution in [0.3, 0.4) is 0 Å². The SMILES string of the molecule is CC[C@@H](CC(=O)NCC(C)C(=O)O)NC(=O)OCC1c2ccccc2-c2ccccc21. The number of hydrogen-bond donors (Lipinski definition) is 3. The first-order valence-corrected chi connectivity index (χ1v) is 10.5. The van der Waals surface area contributed by atoms with Crippen molar-refractivity contribution in [1.82, 2.24) is 10.6 Å². The molecule has 3 rings (SSSR count). The summed E-state index contributed by atoms with van der Waals surface area (Å²) in [6.45, 7) is 3.64. The third-order valence-corrected chi connectivity index (χ3v) is 5.62. The number of benzene rings is 2. The van der Waals surface area contributed by atoms with E-state index in [1.165, 1.54) is 6.92 Å². The molecule has 1 aliphatic rings. The van der Waals surface area contributed by atoms with Crippen LogP contribution in [0.25, 0.3) is 11.1 Å². The van der Waals surface area contributed by atoms with Gasteiger partial charge in [0.2, 0.25) is 5.91 Å². The lowest BCUT2D eigenvalue weighted by Crippen LogP contribution is -2.40. The molecule has 2 amide bonds. The summed E-state index contributed by atoms with van der Waals surface area (Å²) in [6.07, 6.45) is 0.0412. The normalized spacial score (nSPS) is 14.1. The molecular formula is C24H28N2O5. The van der Waals surface area contributed by atoms with Crippen LogP contribution in [-0.4, -0.2) is 42.3 Å². The lowest BCUT2D eigenvalue weighted by Gasteiger charge is -2.19. The van der Waals surface area contributed by atoms with Crippen molar-refractivity contribution in [3.05, 3.63) is 59.7 Å². The van der Waals surface area contributed by atoms with E-state index in [4.69, 9.17) is 9.84 Å². The Kier molecular flexibility index (Phi) is 7.28. The fraction of sp³-hybridized carbons (Fsp3) is 0.375. The number of amides is 2. The van der Waals surface area contributed by atoms with Gasteiger partial charge in [-0.15, -0.1) is 0 Å². The number of aliphatic carboxylic acids is 1. The lowest BCUT2D eigenvalue weighted by atomic mass is 9.98. The van der Waals surface area contributed by atoms with E-state index < -0.39 is 24.0 Å². The number of carbonyl (C=O) groups is 3. The van der Waals surface area contributed by atoms with Gasteiger partial charge in [-0.25, -0.2) is 4.79 Å². The topological polar surface area (TPSA) is 105 Å². The van der Waals surface area contributed by atoms with Crippen LogP contribution < -0.4 is 10.6 Å². The number of ether oxygens (including phenoxy) is 1. The van der Waals surface area contributed by atoms with Crippen LogP contribution in [0.1, 0.15) is 43.7 Å². The summed E-state index contributed by atoms with van der Waals surface area (Å²) in [5.41, 5.74) is 4.59. The highest BCUT2D eigenvalue weighted by atomic mass is 16.5. The number of rotatable bonds is 9. The maximum absolute atomic E-state index is 12.4. The van der Waals surface area contributed by atoms with E-state index in [-0.39, 0.29) is 31.4 Å². The van der Waals surface area contributed by atoms with Crippen molar-refractivity contribution < 1.29 is 24.2 Å². The summed E-state index contributed by atoms with van der Waals surface area (Å²) in [5.74, 6) is -1.97. The standard InChI is InChI=1S/C24H28N2O5/c1-3-16(12-22(27)25-13-15(2)23(28)29)26-24(30)31-14-21-19-10-6-4-8-17(19)18-9-5-7-11-20(18)21/h4-11,15-16,21H,3,12-14H2,1-2H3,(H,25,27)(H,26,30)(H,28,29)/t15?,16-/m0/s1. The first-order valence-electron chi connectivity index (χ1n) is 10.5. The van der Waals surface area contributed by atoms with E-state index in [0.717, 1.165) is 22.3 Å². The highest BCUT2D eigenvalue weighted by Gasteiger charge is 2.29. The van der Waals surface area contributed by atoms with Crippen molar-refractivity contribution in [1.29, 1.82) is 0 Å². The van der Waals surface area contributed by atoms with Gasteiger partial charge in [-0.1, -0.05) is 62.4 Å². The maximum atomic E-state index is 12.4. The summed E-state index contributed by atoms with van der Waals surface area (Å²) in [4.78, 5) is 35.3. The van der Waals surface area contributed by atoms with Crippen LogP contribution >= 0.6 is 0 Å². The van der Waals surface area contributed by atoms with Crippen molar-refractivity contribution >= 4 is 18.0 Å². The number of hydrogen-bond acceptors (Lipinski definition) is 4. The fourth-order valence-corrected chi connectivity index (χ4v) is 3.75. The summed E-state index contributed by atoms with van der Waals surface area (Å²) in [7, 11) is 0. The van der Waals surface area contributed by atoms with Gasteiger partial charge >= 0.3 is 12.1 Å². The smallest absolute Gasteiger partial charge is 0.407 e. The Morgan fingerprint density at radius 1 is 1.03 bits per heavy atom. The predicted molar refractivity (Wildman–Crippen MR) is 117 cm³/mol. The Labute approximate surface area is 181 Å². The second-order valence-corrected chi connectivity index (χ2v) is 7.82. The van der Waals surface area contributed by atoms with Gasteiger partial charge in [-0.3, -0.25) is 9.59 Å². The summed E-state index contributed by atoms with van der Waals surface area (Å²) in [5, 5.41) is 14.2.